The summed E-state index contributed by atoms with van der Waals surface area (Å²) in [6.45, 7) is 2.89. The van der Waals surface area contributed by atoms with Crippen molar-refractivity contribution >= 4 is 11.7 Å². The SMILES string of the molecule is CC1CCNc2c(C(N)=O)c(-c3ccc(Oc4ccccc4)cc3)nn21. The number of para-hydroxylation sites is 1. The number of rotatable bonds is 4. The van der Waals surface area contributed by atoms with Crippen molar-refractivity contribution in [3.63, 3.8) is 0 Å². The Hall–Kier alpha value is -3.28. The molecule has 0 spiro atoms. The molecule has 2 aromatic carbocycles. The number of carbonyl (C=O) groups excluding carboxylic acids is 1. The van der Waals surface area contributed by atoms with Crippen LogP contribution < -0.4 is 15.8 Å². The van der Waals surface area contributed by atoms with E-state index in [2.05, 4.69) is 17.3 Å². The number of nitrogens with one attached hydrogen (secondary N) is 1. The third-order valence-electron chi connectivity index (χ3n) is 4.54. The molecular weight excluding hydrogens is 328 g/mol. The first kappa shape index (κ1) is 16.2. The van der Waals surface area contributed by atoms with Gasteiger partial charge in [0.05, 0.1) is 6.04 Å². The Morgan fingerprint density at radius 1 is 1.15 bits per heavy atom. The van der Waals surface area contributed by atoms with E-state index >= 15 is 0 Å². The number of hydrogen-bond acceptors (Lipinski definition) is 4. The maximum atomic E-state index is 12.0. The molecule has 4 rings (SSSR count). The molecule has 26 heavy (non-hydrogen) atoms. The summed E-state index contributed by atoms with van der Waals surface area (Å²) in [6, 6.07) is 17.3. The molecule has 0 saturated heterocycles. The van der Waals surface area contributed by atoms with E-state index in [9.17, 15) is 4.79 Å². The van der Waals surface area contributed by atoms with E-state index in [1.807, 2.05) is 59.3 Å². The van der Waals surface area contributed by atoms with Gasteiger partial charge >= 0.3 is 0 Å². The molecule has 0 radical (unpaired) electrons. The standard InChI is InChI=1S/C20H20N4O2/c1-13-11-12-22-20-17(19(21)25)18(23-24(13)20)14-7-9-16(10-8-14)26-15-5-3-2-4-6-15/h2-10,13,22H,11-12H2,1H3,(H2,21,25). The van der Waals surface area contributed by atoms with Crippen molar-refractivity contribution in [2.24, 2.45) is 5.73 Å². The van der Waals surface area contributed by atoms with Crippen LogP contribution in [-0.2, 0) is 0 Å². The Kier molecular flexibility index (Phi) is 4.08. The molecule has 0 bridgehead atoms. The molecule has 132 valence electrons. The maximum Gasteiger partial charge on any atom is 0.254 e. The first-order valence-electron chi connectivity index (χ1n) is 8.63. The van der Waals surface area contributed by atoms with Crippen molar-refractivity contribution < 1.29 is 9.53 Å². The largest absolute Gasteiger partial charge is 0.457 e. The zero-order chi connectivity index (χ0) is 18.1. The van der Waals surface area contributed by atoms with E-state index in [4.69, 9.17) is 10.5 Å². The number of aromatic nitrogens is 2. The predicted octanol–water partition coefficient (Wildman–Crippen LogP) is 3.82. The van der Waals surface area contributed by atoms with E-state index in [1.54, 1.807) is 0 Å². The van der Waals surface area contributed by atoms with Crippen LogP contribution in [0, 0.1) is 0 Å². The lowest BCUT2D eigenvalue weighted by atomic mass is 10.1. The van der Waals surface area contributed by atoms with Gasteiger partial charge in [-0.05, 0) is 49.7 Å². The molecule has 1 unspecified atom stereocenters. The highest BCUT2D eigenvalue weighted by atomic mass is 16.5. The third kappa shape index (κ3) is 2.90. The van der Waals surface area contributed by atoms with Crippen molar-refractivity contribution in [3.05, 3.63) is 60.2 Å². The molecule has 0 saturated carbocycles. The number of ether oxygens (including phenoxy) is 1. The Balaban J connectivity index is 1.68. The number of primary amides is 1. The van der Waals surface area contributed by atoms with E-state index in [1.165, 1.54) is 0 Å². The number of fused-ring (bicyclic) bond motifs is 1. The number of amides is 1. The summed E-state index contributed by atoms with van der Waals surface area (Å²) in [5.74, 6) is 1.72. The average molecular weight is 348 g/mol. The van der Waals surface area contributed by atoms with E-state index in [0.717, 1.165) is 30.0 Å². The van der Waals surface area contributed by atoms with Crippen LogP contribution in [-0.4, -0.2) is 22.2 Å². The lowest BCUT2D eigenvalue weighted by Crippen LogP contribution is -2.23. The van der Waals surface area contributed by atoms with E-state index in [0.29, 0.717) is 17.1 Å². The molecule has 2 heterocycles. The second kappa shape index (κ2) is 6.55. The summed E-state index contributed by atoms with van der Waals surface area (Å²) in [7, 11) is 0. The van der Waals surface area contributed by atoms with Crippen molar-refractivity contribution in [1.82, 2.24) is 9.78 Å². The van der Waals surface area contributed by atoms with Gasteiger partial charge in [-0.15, -0.1) is 0 Å². The van der Waals surface area contributed by atoms with Crippen LogP contribution in [0.1, 0.15) is 29.7 Å². The summed E-state index contributed by atoms with van der Waals surface area (Å²) in [6.07, 6.45) is 0.955. The number of benzene rings is 2. The van der Waals surface area contributed by atoms with Gasteiger partial charge in [0, 0.05) is 12.1 Å². The molecule has 0 fully saturated rings. The smallest absolute Gasteiger partial charge is 0.254 e. The topological polar surface area (TPSA) is 82.2 Å². The summed E-state index contributed by atoms with van der Waals surface area (Å²) in [5, 5.41) is 7.90. The molecule has 1 amide bonds. The molecule has 1 aliphatic heterocycles. The maximum absolute atomic E-state index is 12.0. The Labute approximate surface area is 151 Å². The van der Waals surface area contributed by atoms with Crippen molar-refractivity contribution in [1.29, 1.82) is 0 Å². The quantitative estimate of drug-likeness (QED) is 0.751. The van der Waals surface area contributed by atoms with Gasteiger partial charge < -0.3 is 15.8 Å². The van der Waals surface area contributed by atoms with Crippen LogP contribution in [0.15, 0.2) is 54.6 Å². The van der Waals surface area contributed by atoms with Gasteiger partial charge in [0.25, 0.3) is 5.91 Å². The minimum absolute atomic E-state index is 0.221. The number of nitrogens with two attached hydrogens (primary N) is 1. The minimum atomic E-state index is -0.479. The summed E-state index contributed by atoms with van der Waals surface area (Å²) in [4.78, 5) is 12.0. The minimum Gasteiger partial charge on any atom is -0.457 e. The van der Waals surface area contributed by atoms with Crippen molar-refractivity contribution in [2.75, 3.05) is 11.9 Å². The third-order valence-corrected chi connectivity index (χ3v) is 4.54. The first-order chi connectivity index (χ1) is 12.6. The van der Waals surface area contributed by atoms with Crippen LogP contribution in [0.25, 0.3) is 11.3 Å². The summed E-state index contributed by atoms with van der Waals surface area (Å²) in [5.41, 5.74) is 7.51. The molecule has 3 aromatic rings. The highest BCUT2D eigenvalue weighted by molar-refractivity contribution is 6.03. The molecule has 6 nitrogen and oxygen atoms in total. The monoisotopic (exact) mass is 348 g/mol. The fourth-order valence-electron chi connectivity index (χ4n) is 3.19. The van der Waals surface area contributed by atoms with E-state index in [-0.39, 0.29) is 6.04 Å². The zero-order valence-corrected chi connectivity index (χ0v) is 14.5. The van der Waals surface area contributed by atoms with E-state index < -0.39 is 5.91 Å². The van der Waals surface area contributed by atoms with Crippen LogP contribution in [0.3, 0.4) is 0 Å². The van der Waals surface area contributed by atoms with Crippen LogP contribution in [0.2, 0.25) is 0 Å². The number of nitrogens with zero attached hydrogens (tertiary/aromatic N) is 2. The fraction of sp³-hybridized carbons (Fsp3) is 0.200. The second-order valence-electron chi connectivity index (χ2n) is 6.38. The lowest BCUT2D eigenvalue weighted by molar-refractivity contribution is 0.100. The van der Waals surface area contributed by atoms with Gasteiger partial charge in [-0.3, -0.25) is 4.79 Å². The van der Waals surface area contributed by atoms with Crippen molar-refractivity contribution in [2.45, 2.75) is 19.4 Å². The lowest BCUT2D eigenvalue weighted by Gasteiger charge is -2.22. The van der Waals surface area contributed by atoms with Gasteiger partial charge in [-0.2, -0.15) is 5.10 Å². The molecule has 1 atom stereocenters. The number of anilines is 1. The highest BCUT2D eigenvalue weighted by Crippen LogP contribution is 2.34. The molecule has 6 heteroatoms. The zero-order valence-electron chi connectivity index (χ0n) is 14.5. The molecule has 3 N–H and O–H groups in total. The summed E-state index contributed by atoms with van der Waals surface area (Å²) < 4.78 is 7.67. The molecule has 0 aliphatic carbocycles. The predicted molar refractivity (Wildman–Crippen MR) is 101 cm³/mol. The van der Waals surface area contributed by atoms with Gasteiger partial charge in [-0.1, -0.05) is 18.2 Å². The van der Waals surface area contributed by atoms with Gasteiger partial charge in [0.15, 0.2) is 0 Å². The molecular formula is C20H20N4O2. The molecule has 1 aliphatic rings. The second-order valence-corrected chi connectivity index (χ2v) is 6.38. The van der Waals surface area contributed by atoms with Crippen molar-refractivity contribution in [3.8, 4) is 22.8 Å². The highest BCUT2D eigenvalue weighted by Gasteiger charge is 2.27. The Morgan fingerprint density at radius 3 is 2.54 bits per heavy atom. The molecule has 1 aromatic heterocycles. The Morgan fingerprint density at radius 2 is 1.85 bits per heavy atom. The summed E-state index contributed by atoms with van der Waals surface area (Å²) >= 11 is 0. The van der Waals surface area contributed by atoms with Gasteiger partial charge in [0.1, 0.15) is 28.6 Å². The average Bonchev–Trinajstić information content (AvgIpc) is 3.04. The fourth-order valence-corrected chi connectivity index (χ4v) is 3.19. The number of hydrogen-bond donors (Lipinski definition) is 2. The van der Waals surface area contributed by atoms with Crippen LogP contribution in [0.5, 0.6) is 11.5 Å². The van der Waals surface area contributed by atoms with Crippen LogP contribution >= 0.6 is 0 Å². The van der Waals surface area contributed by atoms with Crippen LogP contribution in [0.4, 0.5) is 5.82 Å². The van der Waals surface area contributed by atoms with Gasteiger partial charge in [0.2, 0.25) is 0 Å². The first-order valence-corrected chi connectivity index (χ1v) is 8.63. The number of carbonyl (C=O) groups is 1. The Bertz CT molecular complexity index is 932. The normalized spacial score (nSPS) is 15.8. The van der Waals surface area contributed by atoms with Gasteiger partial charge in [-0.25, -0.2) is 4.68 Å².